The molecule has 0 bridgehead atoms. The highest BCUT2D eigenvalue weighted by atomic mass is 32.1. The molecule has 3 aromatic carbocycles. The van der Waals surface area contributed by atoms with Gasteiger partial charge in [0, 0.05) is 25.0 Å². The Morgan fingerprint density at radius 1 is 0.919 bits per heavy atom. The summed E-state index contributed by atoms with van der Waals surface area (Å²) in [6.45, 7) is 3.11. The Bertz CT molecular complexity index is 1510. The molecular weight excluding hydrogens is 482 g/mol. The number of aryl methyl sites for hydroxylation is 1. The van der Waals surface area contributed by atoms with Crippen molar-refractivity contribution in [2.24, 2.45) is 0 Å². The zero-order chi connectivity index (χ0) is 25.6. The fraction of sp³-hybridized carbons (Fsp3) is 0.167. The molecule has 186 valence electrons. The van der Waals surface area contributed by atoms with Crippen molar-refractivity contribution in [1.29, 1.82) is 0 Å². The fourth-order valence-corrected chi connectivity index (χ4v) is 5.24. The van der Waals surface area contributed by atoms with Crippen LogP contribution in [0.2, 0.25) is 0 Å². The molecule has 0 unspecified atom stereocenters. The number of fused-ring (bicyclic) bond motifs is 1. The second-order valence-electron chi connectivity index (χ2n) is 8.70. The van der Waals surface area contributed by atoms with Crippen LogP contribution in [0.5, 0.6) is 0 Å². The van der Waals surface area contributed by atoms with E-state index >= 15 is 0 Å². The summed E-state index contributed by atoms with van der Waals surface area (Å²) < 4.78 is 5.42. The minimum absolute atomic E-state index is 0.134. The van der Waals surface area contributed by atoms with Crippen LogP contribution < -0.4 is 5.32 Å². The van der Waals surface area contributed by atoms with Gasteiger partial charge < -0.3 is 14.6 Å². The molecule has 2 heterocycles. The molecule has 2 amide bonds. The summed E-state index contributed by atoms with van der Waals surface area (Å²) in [6.07, 6.45) is 2.28. The molecule has 0 spiro atoms. The Kier molecular flexibility index (Phi) is 7.42. The third-order valence-electron chi connectivity index (χ3n) is 6.18. The third-order valence-corrected chi connectivity index (χ3v) is 7.20. The fourth-order valence-electron chi connectivity index (χ4n) is 4.32. The number of nitrogens with one attached hydrogen (secondary N) is 1. The van der Waals surface area contributed by atoms with E-state index in [2.05, 4.69) is 22.4 Å². The van der Waals surface area contributed by atoms with Gasteiger partial charge in [-0.1, -0.05) is 66.7 Å². The average molecular weight is 510 g/mol. The van der Waals surface area contributed by atoms with Crippen molar-refractivity contribution in [3.63, 3.8) is 0 Å². The van der Waals surface area contributed by atoms with Gasteiger partial charge in [0.05, 0.1) is 21.7 Å². The topological polar surface area (TPSA) is 75.4 Å². The molecule has 5 aromatic rings. The van der Waals surface area contributed by atoms with Crippen LogP contribution in [0.25, 0.3) is 21.4 Å². The number of rotatable bonds is 9. The highest BCUT2D eigenvalue weighted by molar-refractivity contribution is 7.15. The summed E-state index contributed by atoms with van der Waals surface area (Å²) in [5, 5.41) is 4.58. The van der Waals surface area contributed by atoms with Crippen molar-refractivity contribution < 1.29 is 14.0 Å². The first-order valence-electron chi connectivity index (χ1n) is 12.2. The summed E-state index contributed by atoms with van der Waals surface area (Å²) in [7, 11) is 0. The second kappa shape index (κ2) is 11.2. The summed E-state index contributed by atoms with van der Waals surface area (Å²) in [4.78, 5) is 34.0. The number of aromatic nitrogens is 1. The highest BCUT2D eigenvalue weighted by Crippen LogP contribution is 2.31. The number of carbonyl (C=O) groups excluding carboxylic acids is 2. The number of carbonyl (C=O) groups is 2. The molecule has 1 N–H and O–H groups in total. The largest absolute Gasteiger partial charge is 0.464 e. The predicted octanol–water partition coefficient (Wildman–Crippen LogP) is 5.98. The quantitative estimate of drug-likeness (QED) is 0.265. The van der Waals surface area contributed by atoms with E-state index < -0.39 is 0 Å². The first-order valence-corrected chi connectivity index (χ1v) is 13.0. The molecule has 0 aliphatic carbocycles. The number of hydrogen-bond acceptors (Lipinski definition) is 5. The smallest absolute Gasteiger partial charge is 0.274 e. The molecular formula is C30H27N3O3S. The van der Waals surface area contributed by atoms with Gasteiger partial charge in [-0.05, 0) is 42.7 Å². The number of furan rings is 1. The van der Waals surface area contributed by atoms with Crippen LogP contribution >= 0.6 is 11.3 Å². The van der Waals surface area contributed by atoms with Gasteiger partial charge in [-0.3, -0.25) is 9.59 Å². The number of amides is 2. The van der Waals surface area contributed by atoms with Crippen molar-refractivity contribution in [3.05, 3.63) is 113 Å². The van der Waals surface area contributed by atoms with Crippen LogP contribution in [0.3, 0.4) is 0 Å². The first kappa shape index (κ1) is 24.5. The number of nitrogens with zero attached hydrogens (tertiary/aromatic N) is 2. The van der Waals surface area contributed by atoms with Crippen molar-refractivity contribution >= 4 is 34.1 Å². The van der Waals surface area contributed by atoms with Gasteiger partial charge in [0.2, 0.25) is 0 Å². The van der Waals surface area contributed by atoms with Crippen molar-refractivity contribution in [2.45, 2.75) is 13.3 Å². The lowest BCUT2D eigenvalue weighted by atomic mass is 10.1. The minimum Gasteiger partial charge on any atom is -0.464 e. The molecule has 5 rings (SSSR count). The van der Waals surface area contributed by atoms with E-state index in [9.17, 15) is 9.59 Å². The first-order chi connectivity index (χ1) is 18.1. The summed E-state index contributed by atoms with van der Waals surface area (Å²) in [6, 6.07) is 27.1. The van der Waals surface area contributed by atoms with E-state index in [0.717, 1.165) is 26.4 Å². The Hall–Kier alpha value is -4.23. The van der Waals surface area contributed by atoms with E-state index in [1.54, 1.807) is 29.4 Å². The van der Waals surface area contributed by atoms with Crippen molar-refractivity contribution in [2.75, 3.05) is 19.6 Å². The van der Waals surface area contributed by atoms with Crippen LogP contribution in [0.1, 0.15) is 31.4 Å². The standard InChI is InChI=1S/C30H27N3O3S/c1-21-32-27(28(37-21)23-11-6-3-7-12-23)30(35)33(18-15-22-9-4-2-5-10-22)19-17-31-29(34)25-13-8-14-26-24(25)16-20-36-26/h2-14,16,20H,15,17-19H2,1H3,(H,31,34). The number of thiazole rings is 1. The summed E-state index contributed by atoms with van der Waals surface area (Å²) in [5.41, 5.74) is 3.79. The van der Waals surface area contributed by atoms with Gasteiger partial charge in [0.15, 0.2) is 0 Å². The van der Waals surface area contributed by atoms with Crippen LogP contribution in [0.4, 0.5) is 0 Å². The molecule has 0 atom stereocenters. The average Bonchev–Trinajstić information content (AvgIpc) is 3.58. The van der Waals surface area contributed by atoms with E-state index in [0.29, 0.717) is 42.9 Å². The molecule has 0 saturated carbocycles. The lowest BCUT2D eigenvalue weighted by molar-refractivity contribution is 0.0746. The van der Waals surface area contributed by atoms with Gasteiger partial charge in [-0.2, -0.15) is 0 Å². The van der Waals surface area contributed by atoms with E-state index in [1.165, 1.54) is 11.3 Å². The van der Waals surface area contributed by atoms with E-state index in [1.807, 2.05) is 61.5 Å². The lowest BCUT2D eigenvalue weighted by Gasteiger charge is -2.23. The molecule has 0 saturated heterocycles. The molecule has 0 fully saturated rings. The molecule has 6 nitrogen and oxygen atoms in total. The zero-order valence-electron chi connectivity index (χ0n) is 20.5. The maximum Gasteiger partial charge on any atom is 0.274 e. The van der Waals surface area contributed by atoms with Crippen LogP contribution in [-0.4, -0.2) is 41.3 Å². The third kappa shape index (κ3) is 5.62. The molecule has 7 heteroatoms. The normalized spacial score (nSPS) is 10.9. The van der Waals surface area contributed by atoms with E-state index in [-0.39, 0.29) is 11.8 Å². The molecule has 37 heavy (non-hydrogen) atoms. The van der Waals surface area contributed by atoms with Gasteiger partial charge in [-0.15, -0.1) is 11.3 Å². The Morgan fingerprint density at radius 2 is 1.68 bits per heavy atom. The molecule has 0 aliphatic rings. The van der Waals surface area contributed by atoms with Crippen molar-refractivity contribution in [3.8, 4) is 10.4 Å². The SMILES string of the molecule is Cc1nc(C(=O)N(CCNC(=O)c2cccc3occc23)CCc2ccccc2)c(-c2ccccc2)s1. The van der Waals surface area contributed by atoms with Gasteiger partial charge >= 0.3 is 0 Å². The Labute approximate surface area is 219 Å². The minimum atomic E-state index is -0.197. The Balaban J connectivity index is 1.34. The maximum absolute atomic E-state index is 13.8. The van der Waals surface area contributed by atoms with Crippen molar-refractivity contribution in [1.82, 2.24) is 15.2 Å². The van der Waals surface area contributed by atoms with Gasteiger partial charge in [-0.25, -0.2) is 4.98 Å². The monoisotopic (exact) mass is 509 g/mol. The lowest BCUT2D eigenvalue weighted by Crippen LogP contribution is -2.40. The molecule has 2 aromatic heterocycles. The predicted molar refractivity (Wildman–Crippen MR) is 147 cm³/mol. The highest BCUT2D eigenvalue weighted by Gasteiger charge is 2.24. The summed E-state index contributed by atoms with van der Waals surface area (Å²) in [5.74, 6) is -0.331. The Morgan fingerprint density at radius 3 is 2.46 bits per heavy atom. The maximum atomic E-state index is 13.8. The molecule has 0 radical (unpaired) electrons. The van der Waals surface area contributed by atoms with Gasteiger partial charge in [0.1, 0.15) is 11.3 Å². The van der Waals surface area contributed by atoms with Crippen LogP contribution in [0.15, 0.2) is 95.6 Å². The van der Waals surface area contributed by atoms with E-state index in [4.69, 9.17) is 4.42 Å². The number of benzene rings is 3. The van der Waals surface area contributed by atoms with Crippen LogP contribution in [0, 0.1) is 6.92 Å². The second-order valence-corrected chi connectivity index (χ2v) is 9.90. The summed E-state index contributed by atoms with van der Waals surface area (Å²) >= 11 is 1.52. The van der Waals surface area contributed by atoms with Crippen LogP contribution in [-0.2, 0) is 6.42 Å². The molecule has 0 aliphatic heterocycles. The van der Waals surface area contributed by atoms with Gasteiger partial charge in [0.25, 0.3) is 11.8 Å². The zero-order valence-corrected chi connectivity index (χ0v) is 21.3. The number of hydrogen-bond donors (Lipinski definition) is 1.